The van der Waals surface area contributed by atoms with Gasteiger partial charge in [0.1, 0.15) is 0 Å². The fourth-order valence-corrected chi connectivity index (χ4v) is 4.04. The van der Waals surface area contributed by atoms with Crippen molar-refractivity contribution < 1.29 is 9.53 Å². The fourth-order valence-electron chi connectivity index (χ4n) is 1.56. The van der Waals surface area contributed by atoms with Crippen molar-refractivity contribution in [2.45, 2.75) is 26.4 Å². The number of benzene rings is 1. The minimum atomic E-state index is -0.290. The first kappa shape index (κ1) is 15.3. The Hall–Kier alpha value is -1.10. The zero-order valence-electron chi connectivity index (χ0n) is 11.4. The van der Waals surface area contributed by atoms with E-state index in [1.807, 2.05) is 45.0 Å². The van der Waals surface area contributed by atoms with E-state index >= 15 is 0 Å². The number of hydrogen-bond acceptors (Lipinski definition) is 3. The third-order valence-electron chi connectivity index (χ3n) is 2.30. The average Bonchev–Trinajstić information content (AvgIpc) is 2.71. The third kappa shape index (κ3) is 3.95. The molecule has 6 heteroatoms. The number of anilines is 1. The van der Waals surface area contributed by atoms with Crippen molar-refractivity contribution in [2.75, 3.05) is 5.32 Å². The molecule has 0 aliphatic heterocycles. The number of carbonyl (C=O) groups excluding carboxylic acids is 1. The Balaban J connectivity index is 2.40. The van der Waals surface area contributed by atoms with E-state index in [-0.39, 0.29) is 20.1 Å². The molecular formula is C14H15BrN2O2Se. The normalized spacial score (nSPS) is 11.2. The number of nitrogens with zero attached hydrogens (tertiary/aromatic N) is 1. The molecular weight excluding hydrogens is 387 g/mol. The van der Waals surface area contributed by atoms with Gasteiger partial charge < -0.3 is 0 Å². The Bertz CT molecular complexity index is 603. The van der Waals surface area contributed by atoms with Crippen molar-refractivity contribution in [3.63, 3.8) is 0 Å². The summed E-state index contributed by atoms with van der Waals surface area (Å²) in [5.41, 5.74) is 0.760. The van der Waals surface area contributed by atoms with Gasteiger partial charge in [0.2, 0.25) is 0 Å². The van der Waals surface area contributed by atoms with Gasteiger partial charge in [0.15, 0.2) is 0 Å². The molecule has 4 nitrogen and oxygen atoms in total. The van der Waals surface area contributed by atoms with Crippen LogP contribution < -0.4 is 10.1 Å². The summed E-state index contributed by atoms with van der Waals surface area (Å²) in [5.74, 6) is 0.585. The summed E-state index contributed by atoms with van der Waals surface area (Å²) in [6, 6.07) is 7.95. The van der Waals surface area contributed by atoms with Gasteiger partial charge in [-0.2, -0.15) is 0 Å². The van der Waals surface area contributed by atoms with Crippen LogP contribution >= 0.6 is 15.9 Å². The predicted octanol–water partition coefficient (Wildman–Crippen LogP) is 3.31. The van der Waals surface area contributed by atoms with Gasteiger partial charge in [0.05, 0.1) is 0 Å². The summed E-state index contributed by atoms with van der Waals surface area (Å²) in [6.07, 6.45) is 0.647. The van der Waals surface area contributed by atoms with Crippen LogP contribution in [-0.4, -0.2) is 31.5 Å². The number of amides is 1. The maximum atomic E-state index is 10.7. The van der Waals surface area contributed by atoms with E-state index in [1.54, 1.807) is 0 Å². The number of hydrogen-bond donors (Lipinski definition) is 1. The van der Waals surface area contributed by atoms with Crippen LogP contribution in [0, 0.1) is 0 Å². The molecule has 0 spiro atoms. The maximum absolute atomic E-state index is 10.7. The van der Waals surface area contributed by atoms with Crippen LogP contribution in [0.15, 0.2) is 28.7 Å². The predicted molar refractivity (Wildman–Crippen MR) is 84.4 cm³/mol. The molecule has 20 heavy (non-hydrogen) atoms. The molecule has 0 aliphatic rings. The van der Waals surface area contributed by atoms with Gasteiger partial charge in [-0.1, -0.05) is 0 Å². The van der Waals surface area contributed by atoms with Gasteiger partial charge in [-0.15, -0.1) is 0 Å². The standard InChI is InChI=1S/C14H15BrN2O2Se/c1-14(2,3)19-13-17-12(16-8-18)11(20-13)9-4-6-10(15)7-5-9/h4-8H,1-3H3,(H,16,18). The summed E-state index contributed by atoms with van der Waals surface area (Å²) in [5, 5.41) is 2.66. The van der Waals surface area contributed by atoms with Gasteiger partial charge in [-0.3, -0.25) is 0 Å². The molecule has 1 aromatic carbocycles. The van der Waals surface area contributed by atoms with E-state index in [2.05, 4.69) is 26.2 Å². The molecule has 2 rings (SSSR count). The van der Waals surface area contributed by atoms with Crippen molar-refractivity contribution in [3.8, 4) is 14.8 Å². The molecule has 1 heterocycles. The third-order valence-corrected chi connectivity index (χ3v) is 4.89. The van der Waals surface area contributed by atoms with Crippen LogP contribution in [0.5, 0.6) is 4.75 Å². The number of aromatic nitrogens is 1. The molecule has 1 N–H and O–H groups in total. The molecule has 0 aliphatic carbocycles. The van der Waals surface area contributed by atoms with Gasteiger partial charge in [-0.05, 0) is 0 Å². The van der Waals surface area contributed by atoms with Crippen molar-refractivity contribution in [2.24, 2.45) is 0 Å². The Morgan fingerprint density at radius 1 is 1.30 bits per heavy atom. The fraction of sp³-hybridized carbons (Fsp3) is 0.286. The summed E-state index contributed by atoms with van der Waals surface area (Å²) < 4.78 is 8.55. The van der Waals surface area contributed by atoms with E-state index in [9.17, 15) is 4.79 Å². The molecule has 106 valence electrons. The van der Waals surface area contributed by atoms with Crippen LogP contribution in [0.3, 0.4) is 0 Å². The SMILES string of the molecule is CC(C)(C)Oc1nc(NC=O)c(-c2ccc(Br)cc2)[se]1. The van der Waals surface area contributed by atoms with E-state index in [0.717, 1.165) is 14.5 Å². The van der Waals surface area contributed by atoms with Crippen molar-refractivity contribution >= 4 is 42.7 Å². The second-order valence-electron chi connectivity index (χ2n) is 5.14. The summed E-state index contributed by atoms with van der Waals surface area (Å²) in [6.45, 7) is 5.95. The van der Waals surface area contributed by atoms with Crippen LogP contribution in [0.2, 0.25) is 0 Å². The number of halogens is 1. The van der Waals surface area contributed by atoms with Gasteiger partial charge >= 0.3 is 132 Å². The van der Waals surface area contributed by atoms with Crippen LogP contribution in [-0.2, 0) is 4.79 Å². The molecule has 0 saturated heterocycles. The number of nitrogens with one attached hydrogen (secondary N) is 1. The molecule has 1 aromatic heterocycles. The molecule has 0 fully saturated rings. The molecule has 0 unspecified atom stereocenters. The summed E-state index contributed by atoms with van der Waals surface area (Å²) in [7, 11) is 0. The Kier molecular flexibility index (Phi) is 4.68. The van der Waals surface area contributed by atoms with Gasteiger partial charge in [0, 0.05) is 0 Å². The van der Waals surface area contributed by atoms with E-state index in [4.69, 9.17) is 4.74 Å². The molecule has 0 atom stereocenters. The first-order valence-electron chi connectivity index (χ1n) is 6.05. The Morgan fingerprint density at radius 2 is 1.95 bits per heavy atom. The summed E-state index contributed by atoms with van der Waals surface area (Å²) >= 11 is 3.37. The molecule has 2 aromatic rings. The number of ether oxygens (including phenoxy) is 1. The first-order chi connectivity index (χ1) is 9.39. The Morgan fingerprint density at radius 3 is 2.50 bits per heavy atom. The molecule has 1 amide bonds. The van der Waals surface area contributed by atoms with Crippen LogP contribution in [0.1, 0.15) is 20.8 Å². The van der Waals surface area contributed by atoms with E-state index < -0.39 is 0 Å². The Labute approximate surface area is 132 Å². The van der Waals surface area contributed by atoms with Crippen molar-refractivity contribution in [1.82, 2.24) is 4.98 Å². The van der Waals surface area contributed by atoms with Crippen LogP contribution in [0.4, 0.5) is 5.82 Å². The minimum absolute atomic E-state index is 0.0492. The zero-order valence-corrected chi connectivity index (χ0v) is 14.7. The van der Waals surface area contributed by atoms with Gasteiger partial charge in [-0.25, -0.2) is 0 Å². The topological polar surface area (TPSA) is 51.2 Å². The number of rotatable bonds is 4. The second-order valence-corrected chi connectivity index (χ2v) is 8.07. The molecule has 0 bridgehead atoms. The molecule has 0 saturated carbocycles. The first-order valence-corrected chi connectivity index (χ1v) is 8.55. The second kappa shape index (κ2) is 6.12. The zero-order chi connectivity index (χ0) is 14.8. The van der Waals surface area contributed by atoms with E-state index in [1.165, 1.54) is 0 Å². The van der Waals surface area contributed by atoms with Crippen molar-refractivity contribution in [3.05, 3.63) is 28.7 Å². The molecule has 0 radical (unpaired) electrons. The van der Waals surface area contributed by atoms with Crippen molar-refractivity contribution in [1.29, 1.82) is 0 Å². The summed E-state index contributed by atoms with van der Waals surface area (Å²) in [4.78, 5) is 15.1. The van der Waals surface area contributed by atoms with Crippen LogP contribution in [0.25, 0.3) is 10.0 Å². The van der Waals surface area contributed by atoms with E-state index in [0.29, 0.717) is 17.0 Å². The average molecular weight is 402 g/mol. The monoisotopic (exact) mass is 402 g/mol. The number of carbonyl (C=O) groups is 1. The quantitative estimate of drug-likeness (QED) is 0.631. The van der Waals surface area contributed by atoms with Gasteiger partial charge in [0.25, 0.3) is 0 Å².